The Labute approximate surface area is 174 Å². The highest BCUT2D eigenvalue weighted by Crippen LogP contribution is 2.21. The molecule has 0 bridgehead atoms. The molecule has 0 saturated carbocycles. The third kappa shape index (κ3) is 5.36. The number of ether oxygens (including phenoxy) is 1. The first-order chi connectivity index (χ1) is 14.2. The first-order valence-corrected chi connectivity index (χ1v) is 10.6. The molecule has 0 aliphatic rings. The van der Waals surface area contributed by atoms with Gasteiger partial charge in [0.1, 0.15) is 11.6 Å². The summed E-state index contributed by atoms with van der Waals surface area (Å²) in [5.74, 6) is -0.456. The topological polar surface area (TPSA) is 84.5 Å². The molecule has 1 atom stereocenters. The standard InChI is InChI=1S/C22H21FN2O4S/c1-15-5-3-4-6-21(15)25-30(27,28)20-13-9-18(10-14-20)24-22(26)16(2)29-19-11-7-17(23)8-12-19/h3-14,16,25H,1-2H3,(H,24,26)/t16-/m0/s1. The van der Waals surface area contributed by atoms with Crippen LogP contribution >= 0.6 is 0 Å². The average molecular weight is 428 g/mol. The number of halogens is 1. The molecule has 1 amide bonds. The molecule has 6 nitrogen and oxygen atoms in total. The summed E-state index contributed by atoms with van der Waals surface area (Å²) < 4.78 is 46.1. The molecule has 30 heavy (non-hydrogen) atoms. The quantitative estimate of drug-likeness (QED) is 0.586. The second kappa shape index (κ2) is 8.96. The van der Waals surface area contributed by atoms with Crippen LogP contribution in [0.25, 0.3) is 0 Å². The summed E-state index contributed by atoms with van der Waals surface area (Å²) in [5.41, 5.74) is 1.73. The number of carbonyl (C=O) groups is 1. The van der Waals surface area contributed by atoms with E-state index in [0.29, 0.717) is 17.1 Å². The van der Waals surface area contributed by atoms with Crippen LogP contribution in [-0.4, -0.2) is 20.4 Å². The van der Waals surface area contributed by atoms with Gasteiger partial charge in [0, 0.05) is 5.69 Å². The highest BCUT2D eigenvalue weighted by atomic mass is 32.2. The van der Waals surface area contributed by atoms with Crippen molar-refractivity contribution >= 4 is 27.3 Å². The van der Waals surface area contributed by atoms with Gasteiger partial charge in [-0.05, 0) is 74.0 Å². The molecule has 156 valence electrons. The largest absolute Gasteiger partial charge is 0.481 e. The fourth-order valence-electron chi connectivity index (χ4n) is 2.62. The van der Waals surface area contributed by atoms with E-state index in [0.717, 1.165) is 5.56 Å². The SMILES string of the molecule is Cc1ccccc1NS(=O)(=O)c1ccc(NC(=O)[C@H](C)Oc2ccc(F)cc2)cc1. The molecule has 0 unspecified atom stereocenters. The Balaban J connectivity index is 1.64. The predicted molar refractivity (Wildman–Crippen MR) is 114 cm³/mol. The van der Waals surface area contributed by atoms with Crippen molar-refractivity contribution in [2.24, 2.45) is 0 Å². The minimum absolute atomic E-state index is 0.0689. The van der Waals surface area contributed by atoms with Gasteiger partial charge < -0.3 is 10.1 Å². The Morgan fingerprint density at radius 2 is 1.60 bits per heavy atom. The van der Waals surface area contributed by atoms with E-state index in [9.17, 15) is 17.6 Å². The van der Waals surface area contributed by atoms with Crippen LogP contribution in [-0.2, 0) is 14.8 Å². The van der Waals surface area contributed by atoms with Gasteiger partial charge in [-0.1, -0.05) is 18.2 Å². The highest BCUT2D eigenvalue weighted by molar-refractivity contribution is 7.92. The van der Waals surface area contributed by atoms with Crippen molar-refractivity contribution in [1.82, 2.24) is 0 Å². The van der Waals surface area contributed by atoms with Crippen LogP contribution in [0.2, 0.25) is 0 Å². The van der Waals surface area contributed by atoms with Crippen LogP contribution in [0.4, 0.5) is 15.8 Å². The number of anilines is 2. The van der Waals surface area contributed by atoms with E-state index in [2.05, 4.69) is 10.0 Å². The zero-order valence-corrected chi connectivity index (χ0v) is 17.2. The minimum atomic E-state index is -3.76. The summed E-state index contributed by atoms with van der Waals surface area (Å²) in [4.78, 5) is 12.4. The van der Waals surface area contributed by atoms with Crippen molar-refractivity contribution < 1.29 is 22.3 Å². The Kier molecular flexibility index (Phi) is 6.37. The number of aryl methyl sites for hydroxylation is 1. The van der Waals surface area contributed by atoms with Crippen LogP contribution in [0.15, 0.2) is 77.7 Å². The maximum Gasteiger partial charge on any atom is 0.265 e. The van der Waals surface area contributed by atoms with Gasteiger partial charge in [-0.15, -0.1) is 0 Å². The van der Waals surface area contributed by atoms with Crippen LogP contribution in [0, 0.1) is 12.7 Å². The molecule has 3 rings (SSSR count). The normalized spacial score (nSPS) is 12.1. The lowest BCUT2D eigenvalue weighted by Crippen LogP contribution is -2.30. The molecule has 0 aromatic heterocycles. The molecule has 0 fully saturated rings. The van der Waals surface area contributed by atoms with Gasteiger partial charge in [0.05, 0.1) is 10.6 Å². The number of amides is 1. The fourth-order valence-corrected chi connectivity index (χ4v) is 3.75. The summed E-state index contributed by atoms with van der Waals surface area (Å²) in [6.45, 7) is 3.37. The molecule has 0 aliphatic carbocycles. The van der Waals surface area contributed by atoms with Gasteiger partial charge in [-0.25, -0.2) is 12.8 Å². The molecule has 0 spiro atoms. The molecular weight excluding hydrogens is 407 g/mol. The van der Waals surface area contributed by atoms with Gasteiger partial charge in [-0.3, -0.25) is 9.52 Å². The molecule has 0 aliphatic heterocycles. The van der Waals surface area contributed by atoms with Crippen molar-refractivity contribution in [3.05, 3.63) is 84.2 Å². The second-order valence-electron chi connectivity index (χ2n) is 6.65. The van der Waals surface area contributed by atoms with Crippen LogP contribution < -0.4 is 14.8 Å². The maximum absolute atomic E-state index is 12.9. The van der Waals surface area contributed by atoms with E-state index in [1.54, 1.807) is 19.1 Å². The molecule has 0 radical (unpaired) electrons. The summed E-state index contributed by atoms with van der Waals surface area (Å²) in [6, 6.07) is 18.2. The number of nitrogens with one attached hydrogen (secondary N) is 2. The lowest BCUT2D eigenvalue weighted by atomic mass is 10.2. The summed E-state index contributed by atoms with van der Waals surface area (Å²) in [7, 11) is -3.76. The second-order valence-corrected chi connectivity index (χ2v) is 8.33. The fraction of sp³-hybridized carbons (Fsp3) is 0.136. The summed E-state index contributed by atoms with van der Waals surface area (Å²) >= 11 is 0. The zero-order valence-electron chi connectivity index (χ0n) is 16.4. The lowest BCUT2D eigenvalue weighted by molar-refractivity contribution is -0.122. The van der Waals surface area contributed by atoms with Crippen molar-refractivity contribution in [3.8, 4) is 5.75 Å². The molecule has 0 heterocycles. The van der Waals surface area contributed by atoms with Gasteiger partial charge in [0.15, 0.2) is 6.10 Å². The van der Waals surface area contributed by atoms with Crippen LogP contribution in [0.5, 0.6) is 5.75 Å². The van der Waals surface area contributed by atoms with Crippen molar-refractivity contribution in [2.45, 2.75) is 24.8 Å². The molecule has 3 aromatic carbocycles. The van der Waals surface area contributed by atoms with Gasteiger partial charge in [-0.2, -0.15) is 0 Å². The molecular formula is C22H21FN2O4S. The van der Waals surface area contributed by atoms with Crippen molar-refractivity contribution in [2.75, 3.05) is 10.0 Å². The Hall–Kier alpha value is -3.39. The number of rotatable bonds is 7. The number of para-hydroxylation sites is 1. The number of carbonyl (C=O) groups excluding carboxylic acids is 1. The molecule has 2 N–H and O–H groups in total. The molecule has 8 heteroatoms. The van der Waals surface area contributed by atoms with Crippen LogP contribution in [0.1, 0.15) is 12.5 Å². The first kappa shape index (κ1) is 21.3. The summed E-state index contributed by atoms with van der Waals surface area (Å²) in [6.07, 6.45) is -0.832. The monoisotopic (exact) mass is 428 g/mol. The van der Waals surface area contributed by atoms with Crippen molar-refractivity contribution in [1.29, 1.82) is 0 Å². The van der Waals surface area contributed by atoms with Gasteiger partial charge in [0.25, 0.3) is 15.9 Å². The van der Waals surface area contributed by atoms with Gasteiger partial charge in [0.2, 0.25) is 0 Å². The van der Waals surface area contributed by atoms with E-state index >= 15 is 0 Å². The number of benzene rings is 3. The molecule has 0 saturated heterocycles. The number of sulfonamides is 1. The zero-order chi connectivity index (χ0) is 21.7. The Morgan fingerprint density at radius 1 is 0.967 bits per heavy atom. The minimum Gasteiger partial charge on any atom is -0.481 e. The average Bonchev–Trinajstić information content (AvgIpc) is 2.71. The Morgan fingerprint density at radius 3 is 2.23 bits per heavy atom. The third-order valence-electron chi connectivity index (χ3n) is 4.32. The molecule has 3 aromatic rings. The predicted octanol–water partition coefficient (Wildman–Crippen LogP) is 4.34. The van der Waals surface area contributed by atoms with Crippen LogP contribution in [0.3, 0.4) is 0 Å². The number of hydrogen-bond donors (Lipinski definition) is 2. The smallest absolute Gasteiger partial charge is 0.265 e. The Bertz CT molecular complexity index is 1130. The van der Waals surface area contributed by atoms with Crippen molar-refractivity contribution in [3.63, 3.8) is 0 Å². The first-order valence-electron chi connectivity index (χ1n) is 9.16. The van der Waals surface area contributed by atoms with E-state index in [1.807, 2.05) is 19.1 Å². The van der Waals surface area contributed by atoms with E-state index in [-0.39, 0.29) is 4.90 Å². The van der Waals surface area contributed by atoms with E-state index < -0.39 is 27.9 Å². The number of hydrogen-bond acceptors (Lipinski definition) is 4. The van der Waals surface area contributed by atoms with E-state index in [4.69, 9.17) is 4.74 Å². The summed E-state index contributed by atoms with van der Waals surface area (Å²) in [5, 5.41) is 2.66. The maximum atomic E-state index is 12.9. The lowest BCUT2D eigenvalue weighted by Gasteiger charge is -2.15. The third-order valence-corrected chi connectivity index (χ3v) is 5.70. The highest BCUT2D eigenvalue weighted by Gasteiger charge is 2.17. The van der Waals surface area contributed by atoms with E-state index in [1.165, 1.54) is 48.5 Å². The van der Waals surface area contributed by atoms with Gasteiger partial charge >= 0.3 is 0 Å².